The van der Waals surface area contributed by atoms with Crippen LogP contribution >= 0.6 is 0 Å². The zero-order valence-electron chi connectivity index (χ0n) is 8.19. The maximum Gasteiger partial charge on any atom is 0.307 e. The lowest BCUT2D eigenvalue weighted by atomic mass is 10.1. The highest BCUT2D eigenvalue weighted by Crippen LogP contribution is 2.10. The SMILES string of the molecule is CCOCc1ccccc1CC(=O)O. The molecule has 1 aromatic carbocycles. The first kappa shape index (κ1) is 10.7. The van der Waals surface area contributed by atoms with E-state index in [1.54, 1.807) is 0 Å². The highest BCUT2D eigenvalue weighted by Gasteiger charge is 2.05. The summed E-state index contributed by atoms with van der Waals surface area (Å²) < 4.78 is 5.25. The molecule has 3 nitrogen and oxygen atoms in total. The molecule has 1 N–H and O–H groups in total. The Labute approximate surface area is 83.3 Å². The third-order valence-electron chi connectivity index (χ3n) is 1.92. The van der Waals surface area contributed by atoms with E-state index in [0.717, 1.165) is 11.1 Å². The van der Waals surface area contributed by atoms with Crippen LogP contribution in [0.2, 0.25) is 0 Å². The Kier molecular flexibility index (Phi) is 4.13. The third-order valence-corrected chi connectivity index (χ3v) is 1.92. The van der Waals surface area contributed by atoms with E-state index in [1.165, 1.54) is 0 Å². The van der Waals surface area contributed by atoms with Crippen molar-refractivity contribution in [1.29, 1.82) is 0 Å². The molecule has 0 aromatic heterocycles. The number of carboxylic acid groups (broad SMARTS) is 1. The van der Waals surface area contributed by atoms with Crippen LogP contribution in [0.4, 0.5) is 0 Å². The Bertz CT molecular complexity index is 307. The zero-order chi connectivity index (χ0) is 10.4. The summed E-state index contributed by atoms with van der Waals surface area (Å²) in [4.78, 5) is 10.6. The minimum atomic E-state index is -0.811. The summed E-state index contributed by atoms with van der Waals surface area (Å²) in [6.45, 7) is 3.04. The number of ether oxygens (including phenoxy) is 1. The first-order valence-corrected chi connectivity index (χ1v) is 4.60. The fourth-order valence-corrected chi connectivity index (χ4v) is 1.25. The standard InChI is InChI=1S/C11H14O3/c1-2-14-8-10-6-4-3-5-9(10)7-11(12)13/h3-6H,2,7-8H2,1H3,(H,12,13). The fraction of sp³-hybridized carbons (Fsp3) is 0.364. The first-order chi connectivity index (χ1) is 6.74. The van der Waals surface area contributed by atoms with Gasteiger partial charge < -0.3 is 9.84 Å². The molecule has 3 heteroatoms. The molecule has 14 heavy (non-hydrogen) atoms. The van der Waals surface area contributed by atoms with Crippen LogP contribution in [-0.2, 0) is 22.6 Å². The van der Waals surface area contributed by atoms with Crippen LogP contribution in [0.25, 0.3) is 0 Å². The Morgan fingerprint density at radius 3 is 2.57 bits per heavy atom. The lowest BCUT2D eigenvalue weighted by Gasteiger charge is -2.06. The van der Waals surface area contributed by atoms with Gasteiger partial charge in [0.25, 0.3) is 0 Å². The molecule has 0 spiro atoms. The predicted molar refractivity (Wildman–Crippen MR) is 53.1 cm³/mol. The fourth-order valence-electron chi connectivity index (χ4n) is 1.25. The van der Waals surface area contributed by atoms with E-state index in [2.05, 4.69) is 0 Å². The second kappa shape index (κ2) is 5.40. The van der Waals surface area contributed by atoms with Crippen LogP contribution in [0.15, 0.2) is 24.3 Å². The van der Waals surface area contributed by atoms with Gasteiger partial charge in [-0.05, 0) is 18.1 Å². The summed E-state index contributed by atoms with van der Waals surface area (Å²) in [5.41, 5.74) is 1.78. The number of carboxylic acids is 1. The van der Waals surface area contributed by atoms with Gasteiger partial charge in [0.15, 0.2) is 0 Å². The lowest BCUT2D eigenvalue weighted by Crippen LogP contribution is -2.04. The van der Waals surface area contributed by atoms with Crippen molar-refractivity contribution in [2.45, 2.75) is 20.0 Å². The van der Waals surface area contributed by atoms with Gasteiger partial charge in [-0.1, -0.05) is 24.3 Å². The van der Waals surface area contributed by atoms with Gasteiger partial charge in [-0.25, -0.2) is 0 Å². The average molecular weight is 194 g/mol. The molecule has 0 heterocycles. The van der Waals surface area contributed by atoms with Crippen molar-refractivity contribution in [1.82, 2.24) is 0 Å². The normalized spacial score (nSPS) is 10.1. The number of rotatable bonds is 5. The van der Waals surface area contributed by atoms with E-state index < -0.39 is 5.97 Å². The van der Waals surface area contributed by atoms with E-state index in [1.807, 2.05) is 31.2 Å². The van der Waals surface area contributed by atoms with Gasteiger partial charge in [0.1, 0.15) is 0 Å². The quantitative estimate of drug-likeness (QED) is 0.778. The van der Waals surface area contributed by atoms with Gasteiger partial charge in [-0.15, -0.1) is 0 Å². The van der Waals surface area contributed by atoms with Crippen LogP contribution in [0, 0.1) is 0 Å². The topological polar surface area (TPSA) is 46.5 Å². The molecular formula is C11H14O3. The summed E-state index contributed by atoms with van der Waals surface area (Å²) in [6, 6.07) is 7.45. The first-order valence-electron chi connectivity index (χ1n) is 4.60. The Balaban J connectivity index is 2.74. The maximum atomic E-state index is 10.6. The Hall–Kier alpha value is -1.35. The van der Waals surface area contributed by atoms with Crippen LogP contribution in [-0.4, -0.2) is 17.7 Å². The molecule has 0 saturated carbocycles. The van der Waals surface area contributed by atoms with Crippen molar-refractivity contribution >= 4 is 5.97 Å². The summed E-state index contributed by atoms with van der Waals surface area (Å²) in [6.07, 6.45) is 0.0588. The van der Waals surface area contributed by atoms with Gasteiger partial charge in [-0.3, -0.25) is 4.79 Å². The second-order valence-electron chi connectivity index (χ2n) is 2.98. The van der Waals surface area contributed by atoms with Crippen LogP contribution < -0.4 is 0 Å². The van der Waals surface area contributed by atoms with Gasteiger partial charge >= 0.3 is 5.97 Å². The van der Waals surface area contributed by atoms with E-state index in [0.29, 0.717) is 13.2 Å². The van der Waals surface area contributed by atoms with Gasteiger partial charge in [0, 0.05) is 6.61 Å². The average Bonchev–Trinajstić information content (AvgIpc) is 2.16. The second-order valence-corrected chi connectivity index (χ2v) is 2.98. The molecule has 0 amide bonds. The largest absolute Gasteiger partial charge is 0.481 e. The van der Waals surface area contributed by atoms with Crippen LogP contribution in [0.5, 0.6) is 0 Å². The third kappa shape index (κ3) is 3.18. The molecule has 0 radical (unpaired) electrons. The van der Waals surface area contributed by atoms with Crippen LogP contribution in [0.1, 0.15) is 18.1 Å². The number of hydrogen-bond donors (Lipinski definition) is 1. The minimum Gasteiger partial charge on any atom is -0.481 e. The van der Waals surface area contributed by atoms with Gasteiger partial charge in [0.05, 0.1) is 13.0 Å². The maximum absolute atomic E-state index is 10.6. The van der Waals surface area contributed by atoms with E-state index >= 15 is 0 Å². The van der Waals surface area contributed by atoms with Crippen molar-refractivity contribution in [2.75, 3.05) is 6.61 Å². The minimum absolute atomic E-state index is 0.0588. The smallest absolute Gasteiger partial charge is 0.307 e. The molecule has 0 aliphatic carbocycles. The summed E-state index contributed by atoms with van der Waals surface area (Å²) in [5.74, 6) is -0.811. The van der Waals surface area contributed by atoms with E-state index in [9.17, 15) is 4.79 Å². The molecule has 0 aliphatic heterocycles. The van der Waals surface area contributed by atoms with Gasteiger partial charge in [0.2, 0.25) is 0 Å². The molecule has 0 fully saturated rings. The van der Waals surface area contributed by atoms with Gasteiger partial charge in [-0.2, -0.15) is 0 Å². The Morgan fingerprint density at radius 1 is 1.36 bits per heavy atom. The molecule has 76 valence electrons. The number of hydrogen-bond acceptors (Lipinski definition) is 2. The van der Waals surface area contributed by atoms with E-state index in [-0.39, 0.29) is 6.42 Å². The molecule has 0 unspecified atom stereocenters. The summed E-state index contributed by atoms with van der Waals surface area (Å²) >= 11 is 0. The van der Waals surface area contributed by atoms with Crippen LogP contribution in [0.3, 0.4) is 0 Å². The van der Waals surface area contributed by atoms with Crippen molar-refractivity contribution in [3.63, 3.8) is 0 Å². The number of carbonyl (C=O) groups is 1. The molecule has 0 aliphatic rings. The molecule has 0 bridgehead atoms. The Morgan fingerprint density at radius 2 is 2.00 bits per heavy atom. The van der Waals surface area contributed by atoms with Crippen molar-refractivity contribution in [2.24, 2.45) is 0 Å². The molecule has 0 atom stereocenters. The zero-order valence-corrected chi connectivity index (χ0v) is 8.19. The lowest BCUT2D eigenvalue weighted by molar-refractivity contribution is -0.136. The number of aliphatic carboxylic acids is 1. The molecule has 0 saturated heterocycles. The van der Waals surface area contributed by atoms with E-state index in [4.69, 9.17) is 9.84 Å². The predicted octanol–water partition coefficient (Wildman–Crippen LogP) is 1.85. The highest BCUT2D eigenvalue weighted by atomic mass is 16.5. The monoisotopic (exact) mass is 194 g/mol. The van der Waals surface area contributed by atoms with Crippen molar-refractivity contribution in [3.05, 3.63) is 35.4 Å². The molecule has 1 aromatic rings. The highest BCUT2D eigenvalue weighted by molar-refractivity contribution is 5.70. The summed E-state index contributed by atoms with van der Waals surface area (Å²) in [7, 11) is 0. The van der Waals surface area contributed by atoms with Crippen molar-refractivity contribution in [3.8, 4) is 0 Å². The van der Waals surface area contributed by atoms with Crippen molar-refractivity contribution < 1.29 is 14.6 Å². The molecule has 1 rings (SSSR count). The number of benzene rings is 1. The summed E-state index contributed by atoms with van der Waals surface area (Å²) in [5, 5.41) is 8.68. The molecular weight excluding hydrogens is 180 g/mol.